The molecule has 1 aliphatic carbocycles. The van der Waals surface area contributed by atoms with Crippen LogP contribution in [0.1, 0.15) is 72.6 Å². The lowest BCUT2D eigenvalue weighted by molar-refractivity contribution is -0.278. The number of hydrogen-bond donors (Lipinski definition) is 1. The van der Waals surface area contributed by atoms with Gasteiger partial charge in [-0.2, -0.15) is 13.2 Å². The molecule has 0 saturated heterocycles. The molecule has 0 amide bonds. The zero-order valence-corrected chi connectivity index (χ0v) is 16.8. The number of carbonyl (C=O) groups excluding carboxylic acids is 1. The smallest absolute Gasteiger partial charge is 0.419 e. The van der Waals surface area contributed by atoms with Crippen molar-refractivity contribution in [2.75, 3.05) is 6.61 Å². The standard InChI is InChI=1S/C20H33F3O4/c1-14(2)17(24)27-16-10-8-6-7-9-15(11-12-16)18(3,4)26-13-19(5,25)20(21,22)23/h15-16,25H,1,6-13H2,2-5H3. The monoisotopic (exact) mass is 394 g/mol. The van der Waals surface area contributed by atoms with Gasteiger partial charge in [-0.25, -0.2) is 4.79 Å². The number of ether oxygens (including phenoxy) is 2. The van der Waals surface area contributed by atoms with Crippen molar-refractivity contribution < 1.29 is 32.5 Å². The van der Waals surface area contributed by atoms with Crippen molar-refractivity contribution in [3.8, 4) is 0 Å². The van der Waals surface area contributed by atoms with Crippen molar-refractivity contribution >= 4 is 5.97 Å². The number of rotatable bonds is 6. The molecule has 0 aromatic rings. The lowest BCUT2D eigenvalue weighted by Gasteiger charge is -2.38. The maximum absolute atomic E-state index is 12.9. The summed E-state index contributed by atoms with van der Waals surface area (Å²) in [4.78, 5) is 11.8. The molecule has 0 aromatic heterocycles. The Morgan fingerprint density at radius 2 is 1.67 bits per heavy atom. The summed E-state index contributed by atoms with van der Waals surface area (Å²) < 4.78 is 49.7. The first-order valence-electron chi connectivity index (χ1n) is 9.56. The molecular weight excluding hydrogens is 361 g/mol. The number of carbonyl (C=O) groups is 1. The normalized spacial score (nSPS) is 24.9. The predicted molar refractivity (Wildman–Crippen MR) is 97.2 cm³/mol. The molecule has 0 aliphatic heterocycles. The van der Waals surface area contributed by atoms with Crippen LogP contribution in [0.3, 0.4) is 0 Å². The molecule has 0 aromatic carbocycles. The van der Waals surface area contributed by atoms with Gasteiger partial charge in [0.25, 0.3) is 0 Å². The van der Waals surface area contributed by atoms with Gasteiger partial charge in [-0.3, -0.25) is 0 Å². The molecule has 3 atom stereocenters. The third kappa shape index (κ3) is 7.45. The molecule has 7 heteroatoms. The fourth-order valence-electron chi connectivity index (χ4n) is 3.21. The van der Waals surface area contributed by atoms with Crippen molar-refractivity contribution in [1.82, 2.24) is 0 Å². The zero-order chi connectivity index (χ0) is 20.9. The number of hydrogen-bond acceptors (Lipinski definition) is 4. The van der Waals surface area contributed by atoms with Crippen LogP contribution in [0.2, 0.25) is 0 Å². The maximum atomic E-state index is 12.9. The molecule has 0 radical (unpaired) electrons. The summed E-state index contributed by atoms with van der Waals surface area (Å²) in [6.45, 7) is 8.63. The van der Waals surface area contributed by atoms with E-state index in [2.05, 4.69) is 6.58 Å². The number of aliphatic hydroxyl groups is 1. The summed E-state index contributed by atoms with van der Waals surface area (Å²) in [5.74, 6) is -0.404. The minimum atomic E-state index is -4.75. The summed E-state index contributed by atoms with van der Waals surface area (Å²) >= 11 is 0. The van der Waals surface area contributed by atoms with Crippen LogP contribution in [0, 0.1) is 5.92 Å². The van der Waals surface area contributed by atoms with Gasteiger partial charge in [0.2, 0.25) is 0 Å². The van der Waals surface area contributed by atoms with E-state index in [4.69, 9.17) is 9.47 Å². The summed E-state index contributed by atoms with van der Waals surface area (Å²) in [6.07, 6.45) is 0.777. The van der Waals surface area contributed by atoms with Crippen molar-refractivity contribution in [3.63, 3.8) is 0 Å². The van der Waals surface area contributed by atoms with Gasteiger partial charge in [-0.15, -0.1) is 0 Å². The van der Waals surface area contributed by atoms with E-state index in [0.717, 1.165) is 39.0 Å². The third-order valence-corrected chi connectivity index (χ3v) is 5.36. The number of esters is 1. The SMILES string of the molecule is C=C(C)C(=O)OC1CCCCCC(C(C)(C)OCC(C)(O)C(F)(F)F)CC1. The molecule has 1 N–H and O–H groups in total. The maximum Gasteiger partial charge on any atom is 0.419 e. The second-order valence-electron chi connectivity index (χ2n) is 8.38. The van der Waals surface area contributed by atoms with E-state index in [-0.39, 0.29) is 12.0 Å². The fraction of sp³-hybridized carbons (Fsp3) is 0.850. The molecule has 0 heterocycles. The minimum absolute atomic E-state index is 0.00524. The molecule has 158 valence electrons. The lowest BCUT2D eigenvalue weighted by atomic mass is 9.82. The Morgan fingerprint density at radius 3 is 2.22 bits per heavy atom. The van der Waals surface area contributed by atoms with Gasteiger partial charge in [0.05, 0.1) is 12.2 Å². The van der Waals surface area contributed by atoms with Crippen LogP contribution in [0.25, 0.3) is 0 Å². The first-order chi connectivity index (χ1) is 12.3. The average Bonchev–Trinajstić information content (AvgIpc) is 2.64. The van der Waals surface area contributed by atoms with E-state index >= 15 is 0 Å². The highest BCUT2D eigenvalue weighted by Gasteiger charge is 2.51. The van der Waals surface area contributed by atoms with E-state index in [9.17, 15) is 23.1 Å². The van der Waals surface area contributed by atoms with Gasteiger partial charge in [-0.1, -0.05) is 19.4 Å². The summed E-state index contributed by atoms with van der Waals surface area (Å²) in [5.41, 5.74) is -3.37. The Hall–Kier alpha value is -1.08. The largest absolute Gasteiger partial charge is 0.459 e. The van der Waals surface area contributed by atoms with Gasteiger partial charge < -0.3 is 14.6 Å². The van der Waals surface area contributed by atoms with Crippen molar-refractivity contribution in [2.45, 2.75) is 96.1 Å². The van der Waals surface area contributed by atoms with E-state index < -0.39 is 30.0 Å². The van der Waals surface area contributed by atoms with E-state index in [1.807, 2.05) is 0 Å². The van der Waals surface area contributed by atoms with Gasteiger partial charge in [-0.05, 0) is 65.7 Å². The number of halogens is 3. The molecule has 1 aliphatic rings. The summed E-state index contributed by atoms with van der Waals surface area (Å²) in [6, 6.07) is 0. The molecule has 0 spiro atoms. The van der Waals surface area contributed by atoms with E-state index in [1.165, 1.54) is 0 Å². The third-order valence-electron chi connectivity index (χ3n) is 5.36. The molecule has 4 nitrogen and oxygen atoms in total. The second kappa shape index (κ2) is 9.41. The van der Waals surface area contributed by atoms with Crippen molar-refractivity contribution in [3.05, 3.63) is 12.2 Å². The Bertz CT molecular complexity index is 512. The highest BCUT2D eigenvalue weighted by Crippen LogP contribution is 2.36. The predicted octanol–water partition coefficient (Wildman–Crippen LogP) is 4.94. The first kappa shape index (κ1) is 24.0. The summed E-state index contributed by atoms with van der Waals surface area (Å²) in [5, 5.41) is 9.64. The molecule has 1 fully saturated rings. The Balaban J connectivity index is 2.74. The van der Waals surface area contributed by atoms with Crippen LogP contribution in [0.5, 0.6) is 0 Å². The van der Waals surface area contributed by atoms with Crippen LogP contribution in [0.4, 0.5) is 13.2 Å². The number of alkyl halides is 3. The van der Waals surface area contributed by atoms with Crippen LogP contribution < -0.4 is 0 Å². The molecule has 3 unspecified atom stereocenters. The van der Waals surface area contributed by atoms with Gasteiger partial charge in [0, 0.05) is 5.57 Å². The molecule has 1 saturated carbocycles. The second-order valence-corrected chi connectivity index (χ2v) is 8.38. The highest BCUT2D eigenvalue weighted by atomic mass is 19.4. The Morgan fingerprint density at radius 1 is 1.07 bits per heavy atom. The first-order valence-corrected chi connectivity index (χ1v) is 9.56. The Kier molecular flexibility index (Phi) is 8.35. The van der Waals surface area contributed by atoms with Gasteiger partial charge >= 0.3 is 12.1 Å². The molecular formula is C20H33F3O4. The molecule has 0 bridgehead atoms. The molecule has 27 heavy (non-hydrogen) atoms. The van der Waals surface area contributed by atoms with Crippen LogP contribution in [0.15, 0.2) is 12.2 Å². The van der Waals surface area contributed by atoms with Crippen molar-refractivity contribution in [2.24, 2.45) is 5.92 Å². The highest BCUT2D eigenvalue weighted by molar-refractivity contribution is 5.87. The van der Waals surface area contributed by atoms with Crippen LogP contribution in [-0.2, 0) is 14.3 Å². The lowest BCUT2D eigenvalue weighted by Crippen LogP contribution is -2.49. The average molecular weight is 394 g/mol. The van der Waals surface area contributed by atoms with Gasteiger partial charge in [0.15, 0.2) is 5.60 Å². The zero-order valence-electron chi connectivity index (χ0n) is 16.8. The van der Waals surface area contributed by atoms with Crippen molar-refractivity contribution in [1.29, 1.82) is 0 Å². The fourth-order valence-corrected chi connectivity index (χ4v) is 3.21. The van der Waals surface area contributed by atoms with E-state index in [1.54, 1.807) is 20.8 Å². The minimum Gasteiger partial charge on any atom is -0.459 e. The van der Waals surface area contributed by atoms with Crippen LogP contribution >= 0.6 is 0 Å². The quantitative estimate of drug-likeness (QED) is 0.512. The topological polar surface area (TPSA) is 55.8 Å². The Labute approximate surface area is 160 Å². The van der Waals surface area contributed by atoms with E-state index in [0.29, 0.717) is 18.4 Å². The molecule has 1 rings (SSSR count). The van der Waals surface area contributed by atoms with Crippen LogP contribution in [-0.4, -0.2) is 41.2 Å². The van der Waals surface area contributed by atoms with Gasteiger partial charge in [0.1, 0.15) is 6.10 Å². The summed E-state index contributed by atoms with van der Waals surface area (Å²) in [7, 11) is 0.